The molecule has 0 atom stereocenters. The van der Waals surface area contributed by atoms with Gasteiger partial charge in [-0.1, -0.05) is 26.2 Å². The third-order valence-electron chi connectivity index (χ3n) is 3.53. The SMILES string of the molecule is CCCCCCc1cc(N(C)CC)ccc1C(=O)O. The summed E-state index contributed by atoms with van der Waals surface area (Å²) >= 11 is 0. The lowest BCUT2D eigenvalue weighted by molar-refractivity contribution is 0.0695. The number of nitrogens with zero attached hydrogens (tertiary/aromatic N) is 1. The van der Waals surface area contributed by atoms with Crippen molar-refractivity contribution in [2.45, 2.75) is 46.0 Å². The van der Waals surface area contributed by atoms with Crippen LogP contribution in [0.1, 0.15) is 55.5 Å². The smallest absolute Gasteiger partial charge is 0.335 e. The van der Waals surface area contributed by atoms with E-state index < -0.39 is 5.97 Å². The Labute approximate surface area is 116 Å². The molecule has 1 N–H and O–H groups in total. The van der Waals surface area contributed by atoms with Gasteiger partial charge in [-0.05, 0) is 43.5 Å². The molecule has 0 saturated heterocycles. The first-order chi connectivity index (χ1) is 9.10. The first-order valence-electron chi connectivity index (χ1n) is 7.17. The van der Waals surface area contributed by atoms with Gasteiger partial charge in [0.1, 0.15) is 0 Å². The van der Waals surface area contributed by atoms with Crippen molar-refractivity contribution in [2.24, 2.45) is 0 Å². The molecule has 19 heavy (non-hydrogen) atoms. The Morgan fingerprint density at radius 2 is 1.95 bits per heavy atom. The maximum atomic E-state index is 11.2. The quantitative estimate of drug-likeness (QED) is 0.722. The van der Waals surface area contributed by atoms with Gasteiger partial charge in [-0.2, -0.15) is 0 Å². The van der Waals surface area contributed by atoms with E-state index in [1.807, 2.05) is 19.2 Å². The molecule has 3 heteroatoms. The number of unbranched alkanes of at least 4 members (excludes halogenated alkanes) is 3. The van der Waals surface area contributed by atoms with Gasteiger partial charge in [0.15, 0.2) is 0 Å². The number of carboxylic acid groups (broad SMARTS) is 1. The standard InChI is InChI=1S/C16H25NO2/c1-4-6-7-8-9-13-12-14(17(3)5-2)10-11-15(13)16(18)19/h10-12H,4-9H2,1-3H3,(H,18,19). The van der Waals surface area contributed by atoms with Crippen LogP contribution in [-0.2, 0) is 6.42 Å². The first kappa shape index (κ1) is 15.5. The minimum absolute atomic E-state index is 0.449. The fraction of sp³-hybridized carbons (Fsp3) is 0.562. The topological polar surface area (TPSA) is 40.5 Å². The van der Waals surface area contributed by atoms with E-state index in [4.69, 9.17) is 0 Å². The van der Waals surface area contributed by atoms with E-state index >= 15 is 0 Å². The number of rotatable bonds is 8. The van der Waals surface area contributed by atoms with Crippen molar-refractivity contribution in [1.29, 1.82) is 0 Å². The number of benzene rings is 1. The fourth-order valence-electron chi connectivity index (χ4n) is 2.16. The van der Waals surface area contributed by atoms with Gasteiger partial charge in [-0.15, -0.1) is 0 Å². The van der Waals surface area contributed by atoms with Crippen molar-refractivity contribution >= 4 is 11.7 Å². The number of hydrogen-bond donors (Lipinski definition) is 1. The van der Waals surface area contributed by atoms with Crippen molar-refractivity contribution in [2.75, 3.05) is 18.5 Å². The van der Waals surface area contributed by atoms with E-state index in [1.54, 1.807) is 6.07 Å². The average Bonchev–Trinajstić information content (AvgIpc) is 2.42. The zero-order valence-corrected chi connectivity index (χ0v) is 12.3. The van der Waals surface area contributed by atoms with Crippen LogP contribution in [0.4, 0.5) is 5.69 Å². The molecule has 3 nitrogen and oxygen atoms in total. The highest BCUT2D eigenvalue weighted by Gasteiger charge is 2.11. The Morgan fingerprint density at radius 1 is 1.21 bits per heavy atom. The van der Waals surface area contributed by atoms with Gasteiger partial charge in [0.2, 0.25) is 0 Å². The second-order valence-electron chi connectivity index (χ2n) is 4.97. The maximum Gasteiger partial charge on any atom is 0.335 e. The average molecular weight is 263 g/mol. The van der Waals surface area contributed by atoms with Crippen LogP contribution in [0.2, 0.25) is 0 Å². The predicted octanol–water partition coefficient (Wildman–Crippen LogP) is 3.96. The van der Waals surface area contributed by atoms with Gasteiger partial charge >= 0.3 is 5.97 Å². The van der Waals surface area contributed by atoms with E-state index in [9.17, 15) is 9.90 Å². The van der Waals surface area contributed by atoms with E-state index in [0.717, 1.165) is 30.6 Å². The molecule has 0 bridgehead atoms. The third-order valence-corrected chi connectivity index (χ3v) is 3.53. The molecule has 0 aromatic heterocycles. The van der Waals surface area contributed by atoms with Crippen molar-refractivity contribution in [3.05, 3.63) is 29.3 Å². The molecule has 0 aliphatic heterocycles. The van der Waals surface area contributed by atoms with Gasteiger partial charge in [-0.3, -0.25) is 0 Å². The van der Waals surface area contributed by atoms with Gasteiger partial charge < -0.3 is 10.0 Å². The number of anilines is 1. The fourth-order valence-corrected chi connectivity index (χ4v) is 2.16. The molecule has 0 aliphatic rings. The van der Waals surface area contributed by atoms with E-state index in [1.165, 1.54) is 19.3 Å². The molecular formula is C16H25NO2. The summed E-state index contributed by atoms with van der Waals surface area (Å²) in [5, 5.41) is 9.24. The molecule has 0 unspecified atom stereocenters. The number of hydrogen-bond acceptors (Lipinski definition) is 2. The molecule has 1 aromatic rings. The lowest BCUT2D eigenvalue weighted by Crippen LogP contribution is -2.16. The number of aromatic carboxylic acids is 1. The maximum absolute atomic E-state index is 11.2. The molecule has 0 saturated carbocycles. The van der Waals surface area contributed by atoms with Gasteiger partial charge in [0.05, 0.1) is 5.56 Å². The molecule has 1 rings (SSSR count). The lowest BCUT2D eigenvalue weighted by atomic mass is 10.00. The molecule has 0 aliphatic carbocycles. The number of carbonyl (C=O) groups is 1. The molecule has 106 valence electrons. The molecule has 0 spiro atoms. The zero-order valence-electron chi connectivity index (χ0n) is 12.3. The number of carboxylic acids is 1. The Balaban J connectivity index is 2.86. The van der Waals surface area contributed by atoms with Crippen LogP contribution >= 0.6 is 0 Å². The molecular weight excluding hydrogens is 238 g/mol. The van der Waals surface area contributed by atoms with E-state index in [2.05, 4.69) is 18.7 Å². The molecule has 1 aromatic carbocycles. The van der Waals surface area contributed by atoms with Crippen LogP contribution in [0.25, 0.3) is 0 Å². The highest BCUT2D eigenvalue weighted by Crippen LogP contribution is 2.21. The lowest BCUT2D eigenvalue weighted by Gasteiger charge is -2.18. The third kappa shape index (κ3) is 4.58. The second-order valence-corrected chi connectivity index (χ2v) is 4.97. The van der Waals surface area contributed by atoms with Crippen LogP contribution < -0.4 is 4.90 Å². The summed E-state index contributed by atoms with van der Waals surface area (Å²) in [7, 11) is 2.02. The van der Waals surface area contributed by atoms with E-state index in [-0.39, 0.29) is 0 Å². The van der Waals surface area contributed by atoms with Crippen LogP contribution in [0.15, 0.2) is 18.2 Å². The van der Waals surface area contributed by atoms with Crippen molar-refractivity contribution < 1.29 is 9.90 Å². The summed E-state index contributed by atoms with van der Waals surface area (Å²) in [6, 6.07) is 5.65. The monoisotopic (exact) mass is 263 g/mol. The van der Waals surface area contributed by atoms with E-state index in [0.29, 0.717) is 5.56 Å². The Hall–Kier alpha value is -1.51. The van der Waals surface area contributed by atoms with Crippen molar-refractivity contribution in [3.8, 4) is 0 Å². The summed E-state index contributed by atoms with van der Waals surface area (Å²) < 4.78 is 0. The largest absolute Gasteiger partial charge is 0.478 e. The Bertz CT molecular complexity index is 415. The molecule has 0 heterocycles. The van der Waals surface area contributed by atoms with Crippen molar-refractivity contribution in [1.82, 2.24) is 0 Å². The van der Waals surface area contributed by atoms with Crippen molar-refractivity contribution in [3.63, 3.8) is 0 Å². The Kier molecular flexibility index (Phi) is 6.40. The molecule has 0 fully saturated rings. The van der Waals surface area contributed by atoms with Gasteiger partial charge in [0.25, 0.3) is 0 Å². The normalized spacial score (nSPS) is 10.5. The first-order valence-corrected chi connectivity index (χ1v) is 7.17. The highest BCUT2D eigenvalue weighted by molar-refractivity contribution is 5.90. The summed E-state index contributed by atoms with van der Waals surface area (Å²) in [5.41, 5.74) is 2.50. The summed E-state index contributed by atoms with van der Waals surface area (Å²) in [5.74, 6) is -0.823. The number of aryl methyl sites for hydroxylation is 1. The van der Waals surface area contributed by atoms with Crippen LogP contribution in [-0.4, -0.2) is 24.7 Å². The minimum atomic E-state index is -0.823. The zero-order chi connectivity index (χ0) is 14.3. The highest BCUT2D eigenvalue weighted by atomic mass is 16.4. The van der Waals surface area contributed by atoms with Crippen LogP contribution in [0.5, 0.6) is 0 Å². The summed E-state index contributed by atoms with van der Waals surface area (Å²) in [4.78, 5) is 13.4. The minimum Gasteiger partial charge on any atom is -0.478 e. The molecule has 0 radical (unpaired) electrons. The summed E-state index contributed by atoms with van der Waals surface area (Å²) in [6.45, 7) is 5.19. The van der Waals surface area contributed by atoms with Crippen LogP contribution in [0, 0.1) is 0 Å². The predicted molar refractivity (Wildman–Crippen MR) is 80.2 cm³/mol. The van der Waals surface area contributed by atoms with Gasteiger partial charge in [-0.25, -0.2) is 4.79 Å². The Morgan fingerprint density at radius 3 is 2.53 bits per heavy atom. The molecule has 0 amide bonds. The second kappa shape index (κ2) is 7.82. The summed E-state index contributed by atoms with van der Waals surface area (Å²) in [6.07, 6.45) is 5.51. The van der Waals surface area contributed by atoms with Gasteiger partial charge in [0, 0.05) is 19.3 Å². The van der Waals surface area contributed by atoms with Crippen LogP contribution in [0.3, 0.4) is 0 Å².